The molecule has 24 heavy (non-hydrogen) atoms. The molecule has 0 aromatic heterocycles. The third-order valence-corrected chi connectivity index (χ3v) is 3.16. The minimum absolute atomic E-state index is 0.514. The Kier molecular flexibility index (Phi) is 10.1. The van der Waals surface area contributed by atoms with E-state index in [1.54, 1.807) is 20.8 Å². The van der Waals surface area contributed by atoms with Gasteiger partial charge in [0, 0.05) is 5.57 Å². The van der Waals surface area contributed by atoms with E-state index >= 15 is 0 Å². The summed E-state index contributed by atoms with van der Waals surface area (Å²) < 4.78 is 10.1. The summed E-state index contributed by atoms with van der Waals surface area (Å²) in [6.45, 7) is 11.3. The highest BCUT2D eigenvalue weighted by atomic mass is 16.6. The van der Waals surface area contributed by atoms with Crippen LogP contribution in [0.25, 0.3) is 0 Å². The number of alkyl carbamates (subject to hydrolysis) is 1. The number of ether oxygens (including phenoxy) is 2. The first-order valence-corrected chi connectivity index (χ1v) is 8.61. The lowest BCUT2D eigenvalue weighted by atomic mass is 9.99. The lowest BCUT2D eigenvalue weighted by Crippen LogP contribution is -2.45. The van der Waals surface area contributed by atoms with Gasteiger partial charge in [-0.15, -0.1) is 5.73 Å². The fourth-order valence-electron chi connectivity index (χ4n) is 2.17. The molecular formula is C19H33NO4. The Morgan fingerprint density at radius 1 is 1.12 bits per heavy atom. The highest BCUT2D eigenvalue weighted by Gasteiger charge is 2.28. The number of rotatable bonds is 8. The van der Waals surface area contributed by atoms with Crippen LogP contribution in [0, 0.1) is 0 Å². The summed E-state index contributed by atoms with van der Waals surface area (Å²) >= 11 is 0. The predicted molar refractivity (Wildman–Crippen MR) is 95.8 cm³/mol. The van der Waals surface area contributed by atoms with Gasteiger partial charge in [0.15, 0.2) is 6.04 Å². The third-order valence-electron chi connectivity index (χ3n) is 3.16. The number of esters is 1. The average molecular weight is 339 g/mol. The Morgan fingerprint density at radius 2 is 1.75 bits per heavy atom. The largest absolute Gasteiger partial charge is 0.467 e. The van der Waals surface area contributed by atoms with Crippen molar-refractivity contribution in [3.05, 3.63) is 16.9 Å². The fourth-order valence-corrected chi connectivity index (χ4v) is 2.17. The Bertz CT molecular complexity index is 478. The van der Waals surface area contributed by atoms with Crippen molar-refractivity contribution in [2.24, 2.45) is 0 Å². The normalized spacial score (nSPS) is 12.0. The van der Waals surface area contributed by atoms with Gasteiger partial charge in [0.1, 0.15) is 5.60 Å². The molecule has 0 rings (SSSR count). The molecule has 5 heteroatoms. The van der Waals surface area contributed by atoms with Crippen molar-refractivity contribution in [1.82, 2.24) is 5.32 Å². The second-order valence-electron chi connectivity index (χ2n) is 7.06. The maximum atomic E-state index is 12.2. The zero-order chi connectivity index (χ0) is 18.8. The second-order valence-corrected chi connectivity index (χ2v) is 7.06. The SMILES string of the molecule is CCCCCCC(=C=C(C)C)[C@@H](NC(=O)OC(C)(C)C)C(=O)OC. The maximum Gasteiger partial charge on any atom is 0.408 e. The van der Waals surface area contributed by atoms with Gasteiger partial charge < -0.3 is 14.8 Å². The number of unbranched alkanes of at least 4 members (excludes halogenated alkanes) is 3. The van der Waals surface area contributed by atoms with Crippen LogP contribution in [0.4, 0.5) is 4.79 Å². The standard InChI is InChI=1S/C19H33NO4/c1-8-9-10-11-12-15(13-14(2)3)16(17(21)23-7)20-18(22)24-19(4,5)6/h16H,8-12H2,1-7H3,(H,20,22)/t16-/m1/s1. The fraction of sp³-hybridized carbons (Fsp3) is 0.737. The predicted octanol–water partition coefficient (Wildman–Crippen LogP) is 4.51. The Balaban J connectivity index is 5.29. The highest BCUT2D eigenvalue weighted by Crippen LogP contribution is 2.16. The first kappa shape index (κ1) is 22.3. The van der Waals surface area contributed by atoms with E-state index in [0.717, 1.165) is 36.8 Å². The molecule has 0 radical (unpaired) electrons. The van der Waals surface area contributed by atoms with Crippen LogP contribution in [0.2, 0.25) is 0 Å². The molecule has 5 nitrogen and oxygen atoms in total. The molecule has 0 saturated carbocycles. The maximum absolute atomic E-state index is 12.2. The first-order valence-electron chi connectivity index (χ1n) is 8.61. The average Bonchev–Trinajstić information content (AvgIpc) is 2.45. The van der Waals surface area contributed by atoms with E-state index in [-0.39, 0.29) is 0 Å². The van der Waals surface area contributed by atoms with Crippen LogP contribution in [-0.2, 0) is 14.3 Å². The van der Waals surface area contributed by atoms with E-state index in [9.17, 15) is 9.59 Å². The molecule has 0 unspecified atom stereocenters. The molecular weight excluding hydrogens is 306 g/mol. The lowest BCUT2D eigenvalue weighted by molar-refractivity contribution is -0.142. The van der Waals surface area contributed by atoms with Crippen LogP contribution in [0.5, 0.6) is 0 Å². The topological polar surface area (TPSA) is 64.6 Å². The molecule has 1 N–H and O–H groups in total. The van der Waals surface area contributed by atoms with Gasteiger partial charge >= 0.3 is 12.1 Å². The zero-order valence-corrected chi connectivity index (χ0v) is 16.2. The number of hydrogen-bond donors (Lipinski definition) is 1. The van der Waals surface area contributed by atoms with E-state index in [1.165, 1.54) is 7.11 Å². The monoisotopic (exact) mass is 339 g/mol. The third kappa shape index (κ3) is 10.1. The zero-order valence-electron chi connectivity index (χ0n) is 16.2. The van der Waals surface area contributed by atoms with E-state index < -0.39 is 23.7 Å². The number of hydrogen-bond acceptors (Lipinski definition) is 4. The second kappa shape index (κ2) is 10.9. The van der Waals surface area contributed by atoms with Gasteiger partial charge in [-0.1, -0.05) is 26.2 Å². The van der Waals surface area contributed by atoms with Crippen molar-refractivity contribution in [3.63, 3.8) is 0 Å². The number of methoxy groups -OCH3 is 1. The Hall–Kier alpha value is -1.74. The van der Waals surface area contributed by atoms with Gasteiger partial charge in [-0.2, -0.15) is 0 Å². The summed E-state index contributed by atoms with van der Waals surface area (Å²) in [5.41, 5.74) is 4.24. The number of nitrogens with one attached hydrogen (secondary N) is 1. The van der Waals surface area contributed by atoms with Crippen molar-refractivity contribution in [2.75, 3.05) is 7.11 Å². The quantitative estimate of drug-likeness (QED) is 0.401. The van der Waals surface area contributed by atoms with E-state index in [1.807, 2.05) is 13.8 Å². The highest BCUT2D eigenvalue weighted by molar-refractivity contribution is 5.84. The van der Waals surface area contributed by atoms with Gasteiger partial charge in [-0.3, -0.25) is 0 Å². The minimum atomic E-state index is -0.874. The summed E-state index contributed by atoms with van der Waals surface area (Å²) in [6, 6.07) is -0.874. The van der Waals surface area contributed by atoms with E-state index in [2.05, 4.69) is 18.0 Å². The van der Waals surface area contributed by atoms with Gasteiger partial charge in [0.2, 0.25) is 0 Å². The van der Waals surface area contributed by atoms with Crippen LogP contribution < -0.4 is 5.32 Å². The van der Waals surface area contributed by atoms with Crippen LogP contribution in [-0.4, -0.2) is 30.8 Å². The number of amides is 1. The van der Waals surface area contributed by atoms with Gasteiger partial charge in [-0.25, -0.2) is 9.59 Å². The molecule has 0 aliphatic heterocycles. The molecule has 1 amide bonds. The molecule has 0 aromatic carbocycles. The summed E-state index contributed by atoms with van der Waals surface area (Å²) in [5.74, 6) is -0.514. The van der Waals surface area contributed by atoms with E-state index in [4.69, 9.17) is 9.47 Å². The molecule has 0 fully saturated rings. The summed E-state index contributed by atoms with van der Waals surface area (Å²) in [4.78, 5) is 24.2. The van der Waals surface area contributed by atoms with Crippen LogP contribution in [0.1, 0.15) is 73.6 Å². The summed E-state index contributed by atoms with van der Waals surface area (Å²) in [6.07, 6.45) is 4.33. The van der Waals surface area contributed by atoms with Crippen molar-refractivity contribution in [3.8, 4) is 0 Å². The van der Waals surface area contributed by atoms with Gasteiger partial charge in [0.25, 0.3) is 0 Å². The molecule has 1 atom stereocenters. The van der Waals surface area contributed by atoms with Crippen molar-refractivity contribution < 1.29 is 19.1 Å². The molecule has 0 bridgehead atoms. The van der Waals surface area contributed by atoms with Crippen molar-refractivity contribution >= 4 is 12.1 Å². The smallest absolute Gasteiger partial charge is 0.408 e. The van der Waals surface area contributed by atoms with Crippen molar-refractivity contribution in [2.45, 2.75) is 85.3 Å². The summed E-state index contributed by atoms with van der Waals surface area (Å²) in [5, 5.41) is 2.62. The number of carbonyl (C=O) groups is 2. The van der Waals surface area contributed by atoms with Crippen LogP contribution >= 0.6 is 0 Å². The molecule has 0 spiro atoms. The number of carbonyl (C=O) groups excluding carboxylic acids is 2. The molecule has 138 valence electrons. The Labute approximate surface area is 146 Å². The van der Waals surface area contributed by atoms with Crippen molar-refractivity contribution in [1.29, 1.82) is 0 Å². The van der Waals surface area contributed by atoms with Gasteiger partial charge in [0.05, 0.1) is 7.11 Å². The molecule has 0 heterocycles. The minimum Gasteiger partial charge on any atom is -0.467 e. The molecule has 0 aliphatic carbocycles. The molecule has 0 saturated heterocycles. The molecule has 0 aliphatic rings. The first-order chi connectivity index (χ1) is 11.1. The van der Waals surface area contributed by atoms with Gasteiger partial charge in [-0.05, 0) is 53.0 Å². The van der Waals surface area contributed by atoms with Crippen LogP contribution in [0.15, 0.2) is 16.9 Å². The Morgan fingerprint density at radius 3 is 2.21 bits per heavy atom. The van der Waals surface area contributed by atoms with E-state index in [0.29, 0.717) is 6.42 Å². The molecule has 0 aromatic rings. The van der Waals surface area contributed by atoms with Crippen LogP contribution in [0.3, 0.4) is 0 Å². The summed E-state index contributed by atoms with van der Waals surface area (Å²) in [7, 11) is 1.31. The lowest BCUT2D eigenvalue weighted by Gasteiger charge is -2.23.